The highest BCUT2D eigenvalue weighted by Crippen LogP contribution is 2.36. The van der Waals surface area contributed by atoms with Crippen molar-refractivity contribution in [1.29, 1.82) is 0 Å². The molecule has 2 N–H and O–H groups in total. The summed E-state index contributed by atoms with van der Waals surface area (Å²) in [6.07, 6.45) is 4.57. The van der Waals surface area contributed by atoms with Crippen LogP contribution in [-0.4, -0.2) is 0 Å². The van der Waals surface area contributed by atoms with E-state index in [1.54, 1.807) is 0 Å². The molecule has 3 aromatic rings. The molecule has 1 nitrogen and oxygen atoms in total. The Bertz CT molecular complexity index is 826. The van der Waals surface area contributed by atoms with Crippen LogP contribution in [0.4, 0.5) is 5.69 Å². The minimum Gasteiger partial charge on any atom is -0.399 e. The molecule has 0 bridgehead atoms. The first-order valence-electron chi connectivity index (χ1n) is 6.87. The molecular formula is C18H15NS. The van der Waals surface area contributed by atoms with Crippen LogP contribution in [0.2, 0.25) is 0 Å². The molecule has 4 rings (SSSR count). The van der Waals surface area contributed by atoms with Crippen molar-refractivity contribution in [3.05, 3.63) is 64.5 Å². The Hall–Kier alpha value is -2.06. The summed E-state index contributed by atoms with van der Waals surface area (Å²) in [5.41, 5.74) is 12.3. The zero-order valence-corrected chi connectivity index (χ0v) is 11.9. The highest BCUT2D eigenvalue weighted by atomic mass is 32.1. The number of nitrogen functional groups attached to an aromatic ring is 1. The maximum absolute atomic E-state index is 5.87. The summed E-state index contributed by atoms with van der Waals surface area (Å²) in [7, 11) is 0. The Morgan fingerprint density at radius 2 is 1.95 bits per heavy atom. The first kappa shape index (κ1) is 11.7. The summed E-state index contributed by atoms with van der Waals surface area (Å²) in [5, 5.41) is 3.61. The molecule has 1 aliphatic carbocycles. The largest absolute Gasteiger partial charge is 0.399 e. The van der Waals surface area contributed by atoms with Crippen LogP contribution in [0.15, 0.2) is 47.8 Å². The number of nitrogens with two attached hydrogens (primary N) is 1. The summed E-state index contributed by atoms with van der Waals surface area (Å²) in [5.74, 6) is 0. The molecule has 0 radical (unpaired) electrons. The van der Waals surface area contributed by atoms with Crippen LogP contribution in [0.25, 0.3) is 21.7 Å². The van der Waals surface area contributed by atoms with E-state index >= 15 is 0 Å². The van der Waals surface area contributed by atoms with Gasteiger partial charge in [-0.25, -0.2) is 0 Å². The number of hydrogen-bond donors (Lipinski definition) is 1. The molecule has 0 saturated heterocycles. The zero-order chi connectivity index (χ0) is 13.5. The molecule has 0 aliphatic heterocycles. The van der Waals surface area contributed by atoms with Gasteiger partial charge in [0, 0.05) is 10.4 Å². The van der Waals surface area contributed by atoms with Crippen molar-refractivity contribution in [1.82, 2.24) is 0 Å². The molecule has 1 heterocycles. The van der Waals surface area contributed by atoms with E-state index in [9.17, 15) is 0 Å². The molecule has 2 heteroatoms. The van der Waals surface area contributed by atoms with Gasteiger partial charge in [0.15, 0.2) is 0 Å². The maximum atomic E-state index is 5.87. The lowest BCUT2D eigenvalue weighted by Crippen LogP contribution is -1.87. The average molecular weight is 277 g/mol. The standard InChI is InChI=1S/C18H15NS/c19-15-7-8-16-12(5-6-13(16)10-15)9-14-11-20-18-4-2-1-3-17(14)18/h1-4,7-11H,5-6,19H2. The fourth-order valence-electron chi connectivity index (χ4n) is 2.99. The Morgan fingerprint density at radius 1 is 1.05 bits per heavy atom. The Balaban J connectivity index is 1.83. The third kappa shape index (κ3) is 1.84. The number of fused-ring (bicyclic) bond motifs is 2. The number of hydrogen-bond acceptors (Lipinski definition) is 2. The lowest BCUT2D eigenvalue weighted by molar-refractivity contribution is 1.08. The van der Waals surface area contributed by atoms with E-state index in [0.717, 1.165) is 18.5 Å². The Morgan fingerprint density at radius 3 is 2.90 bits per heavy atom. The highest BCUT2D eigenvalue weighted by molar-refractivity contribution is 7.17. The van der Waals surface area contributed by atoms with Crippen molar-refractivity contribution in [2.24, 2.45) is 0 Å². The van der Waals surface area contributed by atoms with E-state index in [2.05, 4.69) is 47.9 Å². The van der Waals surface area contributed by atoms with Crippen molar-refractivity contribution in [2.45, 2.75) is 12.8 Å². The van der Waals surface area contributed by atoms with Crippen molar-refractivity contribution in [3.63, 3.8) is 0 Å². The van der Waals surface area contributed by atoms with Gasteiger partial charge in [0.2, 0.25) is 0 Å². The molecule has 1 aromatic heterocycles. The number of rotatable bonds is 1. The zero-order valence-electron chi connectivity index (χ0n) is 11.1. The maximum Gasteiger partial charge on any atom is 0.0348 e. The third-order valence-electron chi connectivity index (χ3n) is 3.98. The number of benzene rings is 2. The lowest BCUT2D eigenvalue weighted by atomic mass is 10.0. The van der Waals surface area contributed by atoms with Gasteiger partial charge in [0.1, 0.15) is 0 Å². The van der Waals surface area contributed by atoms with Gasteiger partial charge in [-0.1, -0.05) is 24.3 Å². The van der Waals surface area contributed by atoms with Gasteiger partial charge >= 0.3 is 0 Å². The predicted octanol–water partition coefficient (Wildman–Crippen LogP) is 4.97. The minimum atomic E-state index is 0.867. The molecule has 1 aliphatic rings. The molecule has 0 spiro atoms. The number of thiophene rings is 1. The van der Waals surface area contributed by atoms with Crippen molar-refractivity contribution in [3.8, 4) is 0 Å². The highest BCUT2D eigenvalue weighted by Gasteiger charge is 2.16. The molecule has 20 heavy (non-hydrogen) atoms. The van der Waals surface area contributed by atoms with Crippen molar-refractivity contribution < 1.29 is 0 Å². The van der Waals surface area contributed by atoms with Crippen LogP contribution < -0.4 is 5.73 Å². The van der Waals surface area contributed by atoms with Gasteiger partial charge in [0.05, 0.1) is 0 Å². The second-order valence-corrected chi connectivity index (χ2v) is 6.18. The summed E-state index contributed by atoms with van der Waals surface area (Å²) in [6, 6.07) is 14.9. The van der Waals surface area contributed by atoms with Gasteiger partial charge in [-0.2, -0.15) is 0 Å². The van der Waals surface area contributed by atoms with E-state index in [1.165, 1.54) is 32.3 Å². The van der Waals surface area contributed by atoms with Crippen LogP contribution >= 0.6 is 11.3 Å². The fraction of sp³-hybridized carbons (Fsp3) is 0.111. The fourth-order valence-corrected chi connectivity index (χ4v) is 3.90. The van der Waals surface area contributed by atoms with Crippen molar-refractivity contribution in [2.75, 3.05) is 5.73 Å². The monoisotopic (exact) mass is 277 g/mol. The van der Waals surface area contributed by atoms with E-state index in [0.29, 0.717) is 0 Å². The summed E-state index contributed by atoms with van der Waals surface area (Å²) in [6.45, 7) is 0. The molecule has 0 saturated carbocycles. The summed E-state index contributed by atoms with van der Waals surface area (Å²) >= 11 is 1.82. The topological polar surface area (TPSA) is 26.0 Å². The predicted molar refractivity (Wildman–Crippen MR) is 88.9 cm³/mol. The second kappa shape index (κ2) is 4.50. The quantitative estimate of drug-likeness (QED) is 0.624. The third-order valence-corrected chi connectivity index (χ3v) is 4.96. The van der Waals surface area contributed by atoms with Gasteiger partial charge in [-0.05, 0) is 70.1 Å². The first-order valence-corrected chi connectivity index (χ1v) is 7.75. The molecule has 0 fully saturated rings. The molecule has 0 atom stereocenters. The summed E-state index contributed by atoms with van der Waals surface area (Å²) < 4.78 is 1.36. The van der Waals surface area contributed by atoms with Gasteiger partial charge < -0.3 is 5.73 Å². The first-order chi connectivity index (χ1) is 9.81. The Kier molecular flexibility index (Phi) is 2.64. The van der Waals surface area contributed by atoms with Gasteiger partial charge in [0.25, 0.3) is 0 Å². The second-order valence-electron chi connectivity index (χ2n) is 5.27. The normalized spacial score (nSPS) is 15.9. The smallest absolute Gasteiger partial charge is 0.0348 e. The molecule has 0 amide bonds. The minimum absolute atomic E-state index is 0.867. The van der Waals surface area contributed by atoms with Gasteiger partial charge in [-0.15, -0.1) is 11.3 Å². The molecular weight excluding hydrogens is 262 g/mol. The molecule has 0 unspecified atom stereocenters. The van der Waals surface area contributed by atoms with Crippen LogP contribution in [0.5, 0.6) is 0 Å². The van der Waals surface area contributed by atoms with Crippen LogP contribution in [0.1, 0.15) is 23.1 Å². The number of aryl methyl sites for hydroxylation is 1. The summed E-state index contributed by atoms with van der Waals surface area (Å²) in [4.78, 5) is 0. The van der Waals surface area contributed by atoms with E-state index in [-0.39, 0.29) is 0 Å². The van der Waals surface area contributed by atoms with Crippen LogP contribution in [0.3, 0.4) is 0 Å². The van der Waals surface area contributed by atoms with Gasteiger partial charge in [-0.3, -0.25) is 0 Å². The lowest BCUT2D eigenvalue weighted by Gasteiger charge is -2.02. The average Bonchev–Trinajstić information content (AvgIpc) is 3.04. The molecule has 98 valence electrons. The van der Waals surface area contributed by atoms with E-state index in [1.807, 2.05) is 17.4 Å². The molecule has 2 aromatic carbocycles. The Labute approximate surface area is 122 Å². The van der Waals surface area contributed by atoms with Crippen molar-refractivity contribution >= 4 is 38.8 Å². The van der Waals surface area contributed by atoms with E-state index < -0.39 is 0 Å². The number of anilines is 1. The van der Waals surface area contributed by atoms with E-state index in [4.69, 9.17) is 5.73 Å². The van der Waals surface area contributed by atoms with Crippen LogP contribution in [-0.2, 0) is 6.42 Å². The number of allylic oxidation sites excluding steroid dienone is 1. The van der Waals surface area contributed by atoms with Crippen LogP contribution in [0, 0.1) is 0 Å². The SMILES string of the molecule is Nc1ccc2c(c1)CCC2=Cc1csc2ccccc12.